The number of halogens is 3. The van der Waals surface area contributed by atoms with Gasteiger partial charge >= 0.3 is 6.18 Å². The Morgan fingerprint density at radius 3 is 2.73 bits per heavy atom. The largest absolute Gasteiger partial charge is 0.403 e. The van der Waals surface area contributed by atoms with Gasteiger partial charge in [-0.15, -0.1) is 0 Å². The monoisotopic (exact) mass is 177 g/mol. The second-order valence-corrected chi connectivity index (χ2v) is 1.72. The molecule has 0 bridgehead atoms. The van der Waals surface area contributed by atoms with E-state index in [1.807, 2.05) is 0 Å². The quantitative estimate of drug-likeness (QED) is 0.578. The molecular formula is C6H10F3NO. The van der Waals surface area contributed by atoms with E-state index in [1.54, 1.807) is 0 Å². The average molecular weight is 177 g/mol. The summed E-state index contributed by atoms with van der Waals surface area (Å²) in [6, 6.07) is -4.38. The Bertz CT molecular complexity index is 396. The molecule has 0 aromatic heterocycles. The van der Waals surface area contributed by atoms with E-state index in [4.69, 9.17) is 11.0 Å². The third-order valence-corrected chi connectivity index (χ3v) is 0.895. The van der Waals surface area contributed by atoms with Crippen molar-refractivity contribution in [3.63, 3.8) is 0 Å². The van der Waals surface area contributed by atoms with Crippen molar-refractivity contribution in [3.8, 4) is 0 Å². The first-order chi connectivity index (χ1) is 7.96. The fourth-order valence-corrected chi connectivity index (χ4v) is 0.476. The fraction of sp³-hybridized carbons (Fsp3) is 1.00. The van der Waals surface area contributed by atoms with Crippen molar-refractivity contribution < 1.29 is 29.2 Å². The van der Waals surface area contributed by atoms with Crippen molar-refractivity contribution in [1.82, 2.24) is 5.32 Å². The molecule has 5 heteroatoms. The molecule has 66 valence electrons. The normalized spacial score (nSPS) is 71.6. The van der Waals surface area contributed by atoms with Crippen LogP contribution in [-0.4, -0.2) is 23.5 Å². The lowest BCUT2D eigenvalue weighted by molar-refractivity contribution is -0.171. The topological polar surface area (TPSA) is 32.3 Å². The second-order valence-electron chi connectivity index (χ2n) is 1.72. The molecule has 0 spiro atoms. The maximum absolute atomic E-state index is 12.8. The summed E-state index contributed by atoms with van der Waals surface area (Å²) in [5, 5.41) is 10.1. The Balaban J connectivity index is 3.60. The maximum Gasteiger partial charge on any atom is 0.403 e. The molecule has 0 radical (unpaired) electrons. The zero-order valence-electron chi connectivity index (χ0n) is 13.1. The zero-order chi connectivity index (χ0) is 15.7. The van der Waals surface area contributed by atoms with Crippen LogP contribution in [-0.2, 0) is 0 Å². The van der Waals surface area contributed by atoms with E-state index in [0.29, 0.717) is 0 Å². The van der Waals surface area contributed by atoms with Gasteiger partial charge in [-0.3, -0.25) is 5.32 Å². The Kier molecular flexibility index (Phi) is 0.783. The first kappa shape index (κ1) is 2.88. The number of piperidine rings is 1. The van der Waals surface area contributed by atoms with Gasteiger partial charge in [0.2, 0.25) is 0 Å². The van der Waals surface area contributed by atoms with Crippen molar-refractivity contribution >= 4 is 0 Å². The van der Waals surface area contributed by atoms with Crippen molar-refractivity contribution in [2.45, 2.75) is 37.5 Å². The number of nitrogens with one attached hydrogen (secondary N) is 1. The smallest absolute Gasteiger partial charge is 0.379 e. The van der Waals surface area contributed by atoms with Crippen molar-refractivity contribution in [3.05, 3.63) is 0 Å². The van der Waals surface area contributed by atoms with Gasteiger partial charge in [-0.05, 0) is 19.1 Å². The predicted molar refractivity (Wildman–Crippen MR) is 32.8 cm³/mol. The standard InChI is InChI=1S/C6H10F3NO/c7-6(8,9)4-2-1-3-5(11)10-4/h4-5,10-11H,1-3H2/i1D2,2D2,3D2,4D,5D. The lowest BCUT2D eigenvalue weighted by Crippen LogP contribution is -2.50. The summed E-state index contributed by atoms with van der Waals surface area (Å²) in [6.45, 7) is 0. The number of aliphatic hydroxyl groups is 1. The Hall–Kier alpha value is -0.290. The molecule has 0 aromatic carbocycles. The van der Waals surface area contributed by atoms with E-state index in [0.717, 1.165) is 5.32 Å². The first-order valence-electron chi connectivity index (χ1n) is 6.54. The lowest BCUT2D eigenvalue weighted by atomic mass is 10.0. The van der Waals surface area contributed by atoms with Gasteiger partial charge in [-0.25, -0.2) is 0 Å². The highest BCUT2D eigenvalue weighted by molar-refractivity contribution is 4.80. The van der Waals surface area contributed by atoms with Crippen molar-refractivity contribution in [2.75, 3.05) is 0 Å². The minimum absolute atomic E-state index is 0.819. The van der Waals surface area contributed by atoms with Crippen LogP contribution in [0.15, 0.2) is 0 Å². The molecule has 0 aliphatic carbocycles. The Morgan fingerprint density at radius 2 is 2.18 bits per heavy atom. The molecule has 1 fully saturated rings. The fourth-order valence-electron chi connectivity index (χ4n) is 0.476. The summed E-state index contributed by atoms with van der Waals surface area (Å²) in [5.41, 5.74) is 0. The van der Waals surface area contributed by atoms with Crippen LogP contribution in [0.5, 0.6) is 0 Å². The van der Waals surface area contributed by atoms with E-state index < -0.39 is 37.5 Å². The second kappa shape index (κ2) is 2.98. The summed E-state index contributed by atoms with van der Waals surface area (Å²) in [6.07, 6.45) is -21.3. The van der Waals surface area contributed by atoms with E-state index in [-0.39, 0.29) is 0 Å². The van der Waals surface area contributed by atoms with Crippen LogP contribution in [0.4, 0.5) is 13.2 Å². The molecule has 1 aliphatic rings. The summed E-state index contributed by atoms with van der Waals surface area (Å²) in [4.78, 5) is 0. The predicted octanol–water partition coefficient (Wildman–Crippen LogP) is 1.01. The summed E-state index contributed by atoms with van der Waals surface area (Å²) < 4.78 is 95.5. The van der Waals surface area contributed by atoms with Crippen LogP contribution in [0.1, 0.15) is 30.1 Å². The molecule has 1 heterocycles. The number of rotatable bonds is 0. The van der Waals surface area contributed by atoms with E-state index in [1.165, 1.54) is 0 Å². The van der Waals surface area contributed by atoms with Gasteiger partial charge in [-0.2, -0.15) is 13.2 Å². The minimum Gasteiger partial charge on any atom is -0.379 e. The minimum atomic E-state index is -5.69. The van der Waals surface area contributed by atoms with Crippen molar-refractivity contribution in [1.29, 1.82) is 0 Å². The number of alkyl halides is 3. The number of hydrogen-bond donors (Lipinski definition) is 2. The van der Waals surface area contributed by atoms with E-state index >= 15 is 0 Å². The van der Waals surface area contributed by atoms with Crippen LogP contribution in [0.25, 0.3) is 0 Å². The van der Waals surface area contributed by atoms with Crippen LogP contribution in [0.2, 0.25) is 0 Å². The molecule has 11 heavy (non-hydrogen) atoms. The molecule has 2 N–H and O–H groups in total. The summed E-state index contributed by atoms with van der Waals surface area (Å²) in [5.74, 6) is 0. The van der Waals surface area contributed by atoms with Gasteiger partial charge in [0.25, 0.3) is 0 Å². The maximum atomic E-state index is 12.8. The van der Waals surface area contributed by atoms with Crippen LogP contribution in [0.3, 0.4) is 0 Å². The van der Waals surface area contributed by atoms with Gasteiger partial charge in [0, 0.05) is 8.22 Å². The molecule has 1 rings (SSSR count). The SMILES string of the molecule is [2H]C1(O)NC([2H])(C(F)(F)F)C([2H])([2H])C([2H])([2H])C1([2H])[2H]. The van der Waals surface area contributed by atoms with Gasteiger partial charge in [0.1, 0.15) is 12.2 Å². The summed E-state index contributed by atoms with van der Waals surface area (Å²) >= 11 is 0. The highest BCUT2D eigenvalue weighted by Gasteiger charge is 2.41. The van der Waals surface area contributed by atoms with Crippen LogP contribution < -0.4 is 5.32 Å². The van der Waals surface area contributed by atoms with E-state index in [9.17, 15) is 18.3 Å². The van der Waals surface area contributed by atoms with Crippen LogP contribution in [0, 0.1) is 0 Å². The lowest BCUT2D eigenvalue weighted by Gasteiger charge is -2.29. The third kappa shape index (κ3) is 2.34. The molecule has 0 aromatic rings. The highest BCUT2D eigenvalue weighted by atomic mass is 19.4. The molecule has 0 amide bonds. The zero-order valence-corrected chi connectivity index (χ0v) is 5.08. The highest BCUT2D eigenvalue weighted by Crippen LogP contribution is 2.27. The Morgan fingerprint density at radius 1 is 1.55 bits per heavy atom. The molecule has 2 nitrogen and oxygen atoms in total. The molecule has 1 aliphatic heterocycles. The van der Waals surface area contributed by atoms with E-state index in [2.05, 4.69) is 0 Å². The third-order valence-electron chi connectivity index (χ3n) is 0.895. The molecule has 2 unspecified atom stereocenters. The molecule has 2 atom stereocenters. The first-order valence-corrected chi connectivity index (χ1v) is 2.54. The van der Waals surface area contributed by atoms with Crippen molar-refractivity contribution in [2.24, 2.45) is 0 Å². The van der Waals surface area contributed by atoms with Gasteiger partial charge in [0.15, 0.2) is 0 Å². The van der Waals surface area contributed by atoms with Crippen LogP contribution >= 0.6 is 0 Å². The molecular weight excluding hydrogens is 159 g/mol. The summed E-state index contributed by atoms with van der Waals surface area (Å²) in [7, 11) is 0. The Labute approximate surface area is 73.6 Å². The van der Waals surface area contributed by atoms with Gasteiger partial charge in [-0.1, -0.05) is 0 Å². The van der Waals surface area contributed by atoms with Gasteiger partial charge < -0.3 is 5.11 Å². The number of hydrogen-bond acceptors (Lipinski definition) is 2. The average Bonchev–Trinajstić information content (AvgIpc) is 2.12. The molecule has 0 saturated carbocycles. The molecule has 1 saturated heterocycles. The van der Waals surface area contributed by atoms with Gasteiger partial charge in [0.05, 0.1) is 2.74 Å².